The van der Waals surface area contributed by atoms with Crippen LogP contribution in [0.3, 0.4) is 0 Å². The number of hydrogen-bond acceptors (Lipinski definition) is 5. The van der Waals surface area contributed by atoms with Gasteiger partial charge in [0.1, 0.15) is 10.7 Å². The van der Waals surface area contributed by atoms with Gasteiger partial charge in [-0.1, -0.05) is 11.3 Å². The van der Waals surface area contributed by atoms with Crippen LogP contribution in [0.1, 0.15) is 0 Å². The average molecular weight is 181 g/mol. The molecule has 2 aromatic rings. The van der Waals surface area contributed by atoms with Gasteiger partial charge in [-0.3, -0.25) is 0 Å². The van der Waals surface area contributed by atoms with Gasteiger partial charge in [0, 0.05) is 0 Å². The van der Waals surface area contributed by atoms with Crippen LogP contribution in [0.25, 0.3) is 11.5 Å². The Labute approximate surface area is 72.8 Å². The predicted octanol–water partition coefficient (Wildman–Crippen LogP) is 1.57. The normalized spacial score (nSPS) is 10.3. The fourth-order valence-corrected chi connectivity index (χ4v) is 1.54. The number of thiazole rings is 1. The van der Waals surface area contributed by atoms with E-state index in [2.05, 4.69) is 4.98 Å². The van der Waals surface area contributed by atoms with Crippen molar-refractivity contribution < 1.29 is 4.42 Å². The van der Waals surface area contributed by atoms with E-state index in [0.29, 0.717) is 21.6 Å². The molecule has 0 aliphatic heterocycles. The minimum absolute atomic E-state index is 0.457. The quantitative estimate of drug-likeness (QED) is 0.699. The summed E-state index contributed by atoms with van der Waals surface area (Å²) in [6, 6.07) is 3.58. The van der Waals surface area contributed by atoms with Crippen LogP contribution >= 0.6 is 11.3 Å². The Morgan fingerprint density at radius 3 is 2.75 bits per heavy atom. The van der Waals surface area contributed by atoms with Crippen LogP contribution in [0, 0.1) is 0 Å². The molecule has 0 saturated carbocycles. The molecule has 0 aliphatic rings. The van der Waals surface area contributed by atoms with Crippen LogP contribution in [0.5, 0.6) is 0 Å². The molecule has 0 aliphatic carbocycles. The second kappa shape index (κ2) is 2.53. The highest BCUT2D eigenvalue weighted by atomic mass is 32.1. The van der Waals surface area contributed by atoms with E-state index in [0.717, 1.165) is 0 Å². The topological polar surface area (TPSA) is 78.1 Å². The standard InChI is InChI=1S/C7H7N3OS/c8-6-5(10-7(9)12-6)4-2-1-3-11-4/h1-3H,8H2,(H2,9,10). The van der Waals surface area contributed by atoms with Gasteiger partial charge in [-0.2, -0.15) is 0 Å². The Morgan fingerprint density at radius 2 is 2.25 bits per heavy atom. The third-order valence-corrected chi connectivity index (χ3v) is 2.14. The third-order valence-electron chi connectivity index (χ3n) is 1.42. The lowest BCUT2D eigenvalue weighted by Gasteiger charge is -1.89. The van der Waals surface area contributed by atoms with E-state index in [1.807, 2.05) is 0 Å². The molecule has 0 atom stereocenters. The van der Waals surface area contributed by atoms with Crippen LogP contribution in [0.4, 0.5) is 10.1 Å². The maximum Gasteiger partial charge on any atom is 0.182 e. The van der Waals surface area contributed by atoms with Crippen molar-refractivity contribution in [3.63, 3.8) is 0 Å². The first kappa shape index (κ1) is 7.17. The van der Waals surface area contributed by atoms with Gasteiger partial charge < -0.3 is 15.9 Å². The highest BCUT2D eigenvalue weighted by molar-refractivity contribution is 7.19. The smallest absolute Gasteiger partial charge is 0.182 e. The fourth-order valence-electron chi connectivity index (χ4n) is 0.939. The van der Waals surface area contributed by atoms with Crippen LogP contribution < -0.4 is 11.5 Å². The molecule has 5 heteroatoms. The van der Waals surface area contributed by atoms with E-state index < -0.39 is 0 Å². The first-order chi connectivity index (χ1) is 5.77. The molecule has 0 radical (unpaired) electrons. The largest absolute Gasteiger partial charge is 0.463 e. The molecule has 0 bridgehead atoms. The van der Waals surface area contributed by atoms with Gasteiger partial charge in [0.2, 0.25) is 0 Å². The Balaban J connectivity index is 2.54. The number of aromatic nitrogens is 1. The van der Waals surface area contributed by atoms with E-state index in [9.17, 15) is 0 Å². The molecule has 2 heterocycles. The summed E-state index contributed by atoms with van der Waals surface area (Å²) >= 11 is 1.25. The minimum atomic E-state index is 0.457. The van der Waals surface area contributed by atoms with Gasteiger partial charge >= 0.3 is 0 Å². The molecule has 0 saturated heterocycles. The number of furan rings is 1. The molecule has 4 nitrogen and oxygen atoms in total. The average Bonchev–Trinajstić information content (AvgIpc) is 2.58. The van der Waals surface area contributed by atoms with Gasteiger partial charge in [0.05, 0.1) is 6.26 Å². The Morgan fingerprint density at radius 1 is 1.42 bits per heavy atom. The van der Waals surface area contributed by atoms with E-state index >= 15 is 0 Å². The summed E-state index contributed by atoms with van der Waals surface area (Å²) in [5.74, 6) is 0.653. The molecule has 0 aromatic carbocycles. The molecule has 0 spiro atoms. The Hall–Kier alpha value is -1.49. The zero-order valence-electron chi connectivity index (χ0n) is 6.15. The monoisotopic (exact) mass is 181 g/mol. The summed E-state index contributed by atoms with van der Waals surface area (Å²) < 4.78 is 5.12. The van der Waals surface area contributed by atoms with Gasteiger partial charge in [-0.05, 0) is 12.1 Å². The lowest BCUT2D eigenvalue weighted by molar-refractivity contribution is 0.581. The van der Waals surface area contributed by atoms with Crippen molar-refractivity contribution in [1.29, 1.82) is 0 Å². The number of anilines is 2. The molecule has 0 amide bonds. The first-order valence-electron chi connectivity index (χ1n) is 3.33. The van der Waals surface area contributed by atoms with Gasteiger partial charge in [0.25, 0.3) is 0 Å². The summed E-state index contributed by atoms with van der Waals surface area (Å²) in [6.45, 7) is 0. The highest BCUT2D eigenvalue weighted by Crippen LogP contribution is 2.31. The molecule has 0 unspecified atom stereocenters. The van der Waals surface area contributed by atoms with Crippen LogP contribution in [-0.4, -0.2) is 4.98 Å². The lowest BCUT2D eigenvalue weighted by Crippen LogP contribution is -1.84. The summed E-state index contributed by atoms with van der Waals surface area (Å²) in [5.41, 5.74) is 11.7. The fraction of sp³-hybridized carbons (Fsp3) is 0. The van der Waals surface area contributed by atoms with Crippen LogP contribution in [-0.2, 0) is 0 Å². The zero-order chi connectivity index (χ0) is 8.55. The molecule has 2 aromatic heterocycles. The number of hydrogen-bond donors (Lipinski definition) is 2. The highest BCUT2D eigenvalue weighted by Gasteiger charge is 2.10. The summed E-state index contributed by atoms with van der Waals surface area (Å²) in [7, 11) is 0. The second-order valence-corrected chi connectivity index (χ2v) is 3.30. The number of nitrogens with zero attached hydrogens (tertiary/aromatic N) is 1. The molecule has 2 rings (SSSR count). The lowest BCUT2D eigenvalue weighted by atomic mass is 10.3. The van der Waals surface area contributed by atoms with Crippen molar-refractivity contribution in [3.8, 4) is 11.5 Å². The third kappa shape index (κ3) is 1.04. The first-order valence-corrected chi connectivity index (χ1v) is 4.14. The predicted molar refractivity (Wildman–Crippen MR) is 48.6 cm³/mol. The van der Waals surface area contributed by atoms with Gasteiger partial charge in [-0.15, -0.1) is 0 Å². The van der Waals surface area contributed by atoms with Crippen molar-refractivity contribution in [3.05, 3.63) is 18.4 Å². The van der Waals surface area contributed by atoms with Gasteiger partial charge in [-0.25, -0.2) is 4.98 Å². The van der Waals surface area contributed by atoms with Gasteiger partial charge in [0.15, 0.2) is 10.9 Å². The molecular formula is C7H7N3OS. The maximum atomic E-state index is 5.65. The Kier molecular flexibility index (Phi) is 1.51. The number of nitrogen functional groups attached to an aromatic ring is 2. The molecule has 4 N–H and O–H groups in total. The van der Waals surface area contributed by atoms with Crippen molar-refractivity contribution in [1.82, 2.24) is 4.98 Å². The van der Waals surface area contributed by atoms with E-state index in [1.165, 1.54) is 11.3 Å². The van der Waals surface area contributed by atoms with Crippen LogP contribution in [0.2, 0.25) is 0 Å². The summed E-state index contributed by atoms with van der Waals surface area (Å²) in [6.07, 6.45) is 1.57. The van der Waals surface area contributed by atoms with E-state index in [4.69, 9.17) is 15.9 Å². The Bertz CT molecular complexity index is 379. The van der Waals surface area contributed by atoms with Crippen molar-refractivity contribution >= 4 is 21.5 Å². The molecular weight excluding hydrogens is 174 g/mol. The summed E-state index contributed by atoms with van der Waals surface area (Å²) in [4.78, 5) is 4.03. The maximum absolute atomic E-state index is 5.65. The van der Waals surface area contributed by atoms with Crippen LogP contribution in [0.15, 0.2) is 22.8 Å². The number of rotatable bonds is 1. The molecule has 12 heavy (non-hydrogen) atoms. The minimum Gasteiger partial charge on any atom is -0.463 e. The molecule has 0 fully saturated rings. The van der Waals surface area contributed by atoms with Crippen molar-refractivity contribution in [2.24, 2.45) is 0 Å². The van der Waals surface area contributed by atoms with Crippen molar-refractivity contribution in [2.45, 2.75) is 0 Å². The van der Waals surface area contributed by atoms with Crippen molar-refractivity contribution in [2.75, 3.05) is 11.5 Å². The zero-order valence-corrected chi connectivity index (χ0v) is 6.97. The number of nitrogens with two attached hydrogens (primary N) is 2. The second-order valence-electron chi connectivity index (χ2n) is 2.24. The summed E-state index contributed by atoms with van der Waals surface area (Å²) in [5, 5.41) is 1.04. The van der Waals surface area contributed by atoms with E-state index in [-0.39, 0.29) is 0 Å². The SMILES string of the molecule is Nc1nc(-c2ccco2)c(N)s1. The molecule has 62 valence electrons. The van der Waals surface area contributed by atoms with E-state index in [1.54, 1.807) is 18.4 Å².